The Bertz CT molecular complexity index is 184. The van der Waals surface area contributed by atoms with Crippen LogP contribution in [-0.2, 0) is 4.74 Å². The Hall–Kier alpha value is -0.160. The van der Waals surface area contributed by atoms with E-state index in [1.54, 1.807) is 0 Å². The van der Waals surface area contributed by atoms with Crippen LogP contribution in [0.4, 0.5) is 0 Å². The summed E-state index contributed by atoms with van der Waals surface area (Å²) in [6.45, 7) is 3.14. The topological polar surface area (TPSA) is 61.7 Å². The molecule has 0 aromatic rings. The summed E-state index contributed by atoms with van der Waals surface area (Å²) in [6, 6.07) is 0.240. The third-order valence-corrected chi connectivity index (χ3v) is 3.34. The average molecular weight is 245 g/mol. The molecule has 2 atom stereocenters. The molecular formula is C13H27NO3. The summed E-state index contributed by atoms with van der Waals surface area (Å²) >= 11 is 0. The molecule has 2 unspecified atom stereocenters. The van der Waals surface area contributed by atoms with Crippen LogP contribution in [-0.4, -0.2) is 48.2 Å². The third-order valence-electron chi connectivity index (χ3n) is 3.34. The number of rotatable bonds is 8. The van der Waals surface area contributed by atoms with Crippen LogP contribution >= 0.6 is 0 Å². The van der Waals surface area contributed by atoms with Gasteiger partial charge in [0.15, 0.2) is 0 Å². The molecule has 1 aliphatic rings. The molecule has 0 heterocycles. The van der Waals surface area contributed by atoms with E-state index in [9.17, 15) is 5.11 Å². The average Bonchev–Trinajstić information content (AvgIpc) is 2.35. The van der Waals surface area contributed by atoms with Crippen molar-refractivity contribution < 1.29 is 14.9 Å². The first-order valence-electron chi connectivity index (χ1n) is 6.86. The summed E-state index contributed by atoms with van der Waals surface area (Å²) in [5.41, 5.74) is 0. The van der Waals surface area contributed by atoms with Gasteiger partial charge in [0.1, 0.15) is 0 Å². The van der Waals surface area contributed by atoms with Crippen LogP contribution in [0.25, 0.3) is 0 Å². The van der Waals surface area contributed by atoms with Crippen molar-refractivity contribution in [3.8, 4) is 0 Å². The number of aliphatic hydroxyl groups excluding tert-OH is 2. The van der Waals surface area contributed by atoms with E-state index in [0.717, 1.165) is 19.3 Å². The van der Waals surface area contributed by atoms with Gasteiger partial charge < -0.3 is 20.3 Å². The Kier molecular flexibility index (Phi) is 7.77. The van der Waals surface area contributed by atoms with Crippen molar-refractivity contribution in [1.29, 1.82) is 0 Å². The van der Waals surface area contributed by atoms with Gasteiger partial charge in [-0.05, 0) is 26.2 Å². The van der Waals surface area contributed by atoms with E-state index in [2.05, 4.69) is 5.32 Å². The molecule has 0 radical (unpaired) electrons. The van der Waals surface area contributed by atoms with Crippen molar-refractivity contribution >= 4 is 0 Å². The Morgan fingerprint density at radius 3 is 2.65 bits per heavy atom. The highest BCUT2D eigenvalue weighted by Crippen LogP contribution is 2.20. The molecule has 1 fully saturated rings. The van der Waals surface area contributed by atoms with E-state index in [1.165, 1.54) is 19.3 Å². The van der Waals surface area contributed by atoms with Gasteiger partial charge in [0, 0.05) is 19.2 Å². The smallest absolute Gasteiger partial charge is 0.0897 e. The first kappa shape index (κ1) is 14.9. The molecule has 0 aliphatic heterocycles. The number of ether oxygens (including phenoxy) is 1. The maximum atomic E-state index is 9.75. The standard InChI is InChI=1S/C13H27NO3/c1-11(7-8-15)14-9-12(16)10-17-13-5-3-2-4-6-13/h11-16H,2-10H2,1H3. The zero-order valence-corrected chi connectivity index (χ0v) is 10.9. The van der Waals surface area contributed by atoms with Crippen molar-refractivity contribution in [3.05, 3.63) is 0 Å². The van der Waals surface area contributed by atoms with Crippen LogP contribution in [0.5, 0.6) is 0 Å². The second-order valence-electron chi connectivity index (χ2n) is 5.07. The molecule has 0 aromatic carbocycles. The summed E-state index contributed by atoms with van der Waals surface area (Å²) in [6.07, 6.45) is 6.74. The summed E-state index contributed by atoms with van der Waals surface area (Å²) in [5.74, 6) is 0. The van der Waals surface area contributed by atoms with Crippen molar-refractivity contribution in [2.24, 2.45) is 0 Å². The Labute approximate surface area is 104 Å². The minimum absolute atomic E-state index is 0.183. The second kappa shape index (κ2) is 8.86. The van der Waals surface area contributed by atoms with Gasteiger partial charge in [0.25, 0.3) is 0 Å². The number of hydrogen-bond acceptors (Lipinski definition) is 4. The van der Waals surface area contributed by atoms with Crippen molar-refractivity contribution in [1.82, 2.24) is 5.32 Å². The fraction of sp³-hybridized carbons (Fsp3) is 1.00. The van der Waals surface area contributed by atoms with Gasteiger partial charge in [-0.15, -0.1) is 0 Å². The van der Waals surface area contributed by atoms with Crippen LogP contribution in [0.15, 0.2) is 0 Å². The predicted octanol–water partition coefficient (Wildman–Crippen LogP) is 1.06. The van der Waals surface area contributed by atoms with Crippen LogP contribution in [0.3, 0.4) is 0 Å². The minimum Gasteiger partial charge on any atom is -0.396 e. The lowest BCUT2D eigenvalue weighted by Crippen LogP contribution is -2.37. The normalized spacial score (nSPS) is 21.4. The number of hydrogen-bond donors (Lipinski definition) is 3. The van der Waals surface area contributed by atoms with Gasteiger partial charge >= 0.3 is 0 Å². The molecule has 1 rings (SSSR count). The van der Waals surface area contributed by atoms with Gasteiger partial charge in [-0.3, -0.25) is 0 Å². The number of nitrogens with one attached hydrogen (secondary N) is 1. The SMILES string of the molecule is CC(CCO)NCC(O)COC1CCCCC1. The molecule has 102 valence electrons. The molecular weight excluding hydrogens is 218 g/mol. The molecule has 0 amide bonds. The molecule has 1 saturated carbocycles. The molecule has 0 saturated heterocycles. The van der Waals surface area contributed by atoms with E-state index in [4.69, 9.17) is 9.84 Å². The fourth-order valence-corrected chi connectivity index (χ4v) is 2.17. The van der Waals surface area contributed by atoms with E-state index in [0.29, 0.717) is 19.3 Å². The summed E-state index contributed by atoms with van der Waals surface area (Å²) < 4.78 is 5.70. The second-order valence-corrected chi connectivity index (χ2v) is 5.07. The van der Waals surface area contributed by atoms with Gasteiger partial charge in [0.2, 0.25) is 0 Å². The molecule has 17 heavy (non-hydrogen) atoms. The Morgan fingerprint density at radius 2 is 2.00 bits per heavy atom. The molecule has 4 nitrogen and oxygen atoms in total. The maximum absolute atomic E-state index is 9.75. The predicted molar refractivity (Wildman–Crippen MR) is 68.0 cm³/mol. The molecule has 0 spiro atoms. The van der Waals surface area contributed by atoms with E-state index in [-0.39, 0.29) is 12.6 Å². The van der Waals surface area contributed by atoms with Crippen molar-refractivity contribution in [2.45, 2.75) is 63.7 Å². The minimum atomic E-state index is -0.446. The first-order valence-corrected chi connectivity index (χ1v) is 6.86. The summed E-state index contributed by atoms with van der Waals surface area (Å²) in [4.78, 5) is 0. The van der Waals surface area contributed by atoms with E-state index in [1.807, 2.05) is 6.92 Å². The molecule has 1 aliphatic carbocycles. The highest BCUT2D eigenvalue weighted by Gasteiger charge is 2.15. The zero-order valence-electron chi connectivity index (χ0n) is 10.9. The van der Waals surface area contributed by atoms with Gasteiger partial charge in [-0.2, -0.15) is 0 Å². The third kappa shape index (κ3) is 6.99. The van der Waals surface area contributed by atoms with Gasteiger partial charge in [-0.1, -0.05) is 19.3 Å². The fourth-order valence-electron chi connectivity index (χ4n) is 2.17. The van der Waals surface area contributed by atoms with Crippen LogP contribution in [0.2, 0.25) is 0 Å². The Morgan fingerprint density at radius 1 is 1.29 bits per heavy atom. The lowest BCUT2D eigenvalue weighted by Gasteiger charge is -2.24. The van der Waals surface area contributed by atoms with E-state index < -0.39 is 6.10 Å². The highest BCUT2D eigenvalue weighted by atomic mass is 16.5. The largest absolute Gasteiger partial charge is 0.396 e. The zero-order chi connectivity index (χ0) is 12.5. The number of aliphatic hydroxyl groups is 2. The summed E-state index contributed by atoms with van der Waals surface area (Å²) in [7, 11) is 0. The molecule has 0 bridgehead atoms. The van der Waals surface area contributed by atoms with Gasteiger partial charge in [-0.25, -0.2) is 0 Å². The molecule has 3 N–H and O–H groups in total. The molecule has 4 heteroatoms. The van der Waals surface area contributed by atoms with Crippen LogP contribution in [0.1, 0.15) is 45.4 Å². The summed E-state index contributed by atoms with van der Waals surface area (Å²) in [5, 5.41) is 21.7. The van der Waals surface area contributed by atoms with Crippen LogP contribution in [0, 0.1) is 0 Å². The van der Waals surface area contributed by atoms with Gasteiger partial charge in [0.05, 0.1) is 18.8 Å². The highest BCUT2D eigenvalue weighted by molar-refractivity contribution is 4.68. The quantitative estimate of drug-likeness (QED) is 0.598. The Balaban J connectivity index is 2.01. The monoisotopic (exact) mass is 245 g/mol. The lowest BCUT2D eigenvalue weighted by molar-refractivity contribution is -0.0236. The van der Waals surface area contributed by atoms with Crippen LogP contribution < -0.4 is 5.32 Å². The first-order chi connectivity index (χ1) is 8.22. The van der Waals surface area contributed by atoms with Crippen molar-refractivity contribution in [3.63, 3.8) is 0 Å². The van der Waals surface area contributed by atoms with Crippen molar-refractivity contribution in [2.75, 3.05) is 19.8 Å². The maximum Gasteiger partial charge on any atom is 0.0897 e. The molecule has 0 aromatic heterocycles. The lowest BCUT2D eigenvalue weighted by atomic mass is 9.98. The van der Waals surface area contributed by atoms with E-state index >= 15 is 0 Å².